The minimum Gasteiger partial charge on any atom is -0.490 e. The Bertz CT molecular complexity index is 386. The summed E-state index contributed by atoms with van der Waals surface area (Å²) >= 11 is 0. The third-order valence-electron chi connectivity index (χ3n) is 3.68. The van der Waals surface area contributed by atoms with Gasteiger partial charge in [0.05, 0.1) is 0 Å². The maximum absolute atomic E-state index is 6.19. The maximum Gasteiger partial charge on any atom is 0.123 e. The van der Waals surface area contributed by atoms with E-state index in [0.29, 0.717) is 6.10 Å². The SMILES string of the molecule is c1cc2c(c(OC3CCNCC3)c1)CCNC2. The fraction of sp³-hybridized carbons (Fsp3) is 0.571. The molecule has 1 saturated heterocycles. The molecule has 2 aliphatic rings. The van der Waals surface area contributed by atoms with E-state index in [4.69, 9.17) is 4.74 Å². The Labute approximate surface area is 103 Å². The molecular formula is C14H20N2O. The standard InChI is InChI=1S/C14H20N2O/c1-2-11-10-16-9-6-13(11)14(3-1)17-12-4-7-15-8-5-12/h1-3,12,15-16H,4-10H2. The van der Waals surface area contributed by atoms with Crippen LogP contribution in [0, 0.1) is 0 Å². The monoisotopic (exact) mass is 232 g/mol. The van der Waals surface area contributed by atoms with Crippen molar-refractivity contribution < 1.29 is 4.74 Å². The number of nitrogens with one attached hydrogen (secondary N) is 2. The molecule has 0 saturated carbocycles. The first kappa shape index (κ1) is 11.1. The molecule has 0 amide bonds. The predicted molar refractivity (Wildman–Crippen MR) is 68.4 cm³/mol. The van der Waals surface area contributed by atoms with Crippen LogP contribution in [-0.4, -0.2) is 25.7 Å². The first-order valence-corrected chi connectivity index (χ1v) is 6.62. The number of hydrogen-bond donors (Lipinski definition) is 2. The first-order chi connectivity index (χ1) is 8.43. The van der Waals surface area contributed by atoms with Crippen LogP contribution in [0.4, 0.5) is 0 Å². The summed E-state index contributed by atoms with van der Waals surface area (Å²) in [5, 5.41) is 6.78. The Morgan fingerprint density at radius 2 is 1.94 bits per heavy atom. The van der Waals surface area contributed by atoms with Gasteiger partial charge in [-0.05, 0) is 56.1 Å². The second-order valence-corrected chi connectivity index (χ2v) is 4.89. The topological polar surface area (TPSA) is 33.3 Å². The zero-order valence-corrected chi connectivity index (χ0v) is 10.2. The molecule has 1 aromatic carbocycles. The van der Waals surface area contributed by atoms with Gasteiger partial charge in [-0.3, -0.25) is 0 Å². The lowest BCUT2D eigenvalue weighted by Crippen LogP contribution is -2.34. The molecule has 0 radical (unpaired) electrons. The van der Waals surface area contributed by atoms with Crippen LogP contribution >= 0.6 is 0 Å². The molecule has 2 heterocycles. The Kier molecular flexibility index (Phi) is 3.29. The van der Waals surface area contributed by atoms with Crippen LogP contribution < -0.4 is 15.4 Å². The molecule has 3 heteroatoms. The average molecular weight is 232 g/mol. The van der Waals surface area contributed by atoms with Gasteiger partial charge in [-0.1, -0.05) is 12.1 Å². The molecular weight excluding hydrogens is 212 g/mol. The van der Waals surface area contributed by atoms with Crippen LogP contribution in [0.2, 0.25) is 0 Å². The quantitative estimate of drug-likeness (QED) is 0.810. The van der Waals surface area contributed by atoms with Gasteiger partial charge in [0.15, 0.2) is 0 Å². The molecule has 2 aliphatic heterocycles. The van der Waals surface area contributed by atoms with Crippen LogP contribution in [0.5, 0.6) is 5.75 Å². The van der Waals surface area contributed by atoms with Crippen LogP contribution in [0.3, 0.4) is 0 Å². The van der Waals surface area contributed by atoms with Crippen LogP contribution in [0.1, 0.15) is 24.0 Å². The van der Waals surface area contributed by atoms with Crippen molar-refractivity contribution in [1.82, 2.24) is 10.6 Å². The molecule has 0 unspecified atom stereocenters. The minimum absolute atomic E-state index is 0.401. The second-order valence-electron chi connectivity index (χ2n) is 4.89. The fourth-order valence-electron chi connectivity index (χ4n) is 2.70. The normalized spacial score (nSPS) is 20.9. The highest BCUT2D eigenvalue weighted by Crippen LogP contribution is 2.27. The minimum atomic E-state index is 0.401. The van der Waals surface area contributed by atoms with E-state index in [-0.39, 0.29) is 0 Å². The summed E-state index contributed by atoms with van der Waals surface area (Å²) in [5.74, 6) is 1.12. The van der Waals surface area contributed by atoms with Gasteiger partial charge in [0.25, 0.3) is 0 Å². The van der Waals surface area contributed by atoms with Crippen molar-refractivity contribution in [1.29, 1.82) is 0 Å². The van der Waals surface area contributed by atoms with Gasteiger partial charge in [0, 0.05) is 6.54 Å². The van der Waals surface area contributed by atoms with Crippen molar-refractivity contribution in [3.63, 3.8) is 0 Å². The lowest BCUT2D eigenvalue weighted by molar-refractivity contribution is 0.160. The van der Waals surface area contributed by atoms with Gasteiger partial charge in [0.1, 0.15) is 11.9 Å². The summed E-state index contributed by atoms with van der Waals surface area (Å²) in [7, 11) is 0. The third-order valence-corrected chi connectivity index (χ3v) is 3.68. The fourth-order valence-corrected chi connectivity index (χ4v) is 2.70. The molecule has 0 aliphatic carbocycles. The zero-order valence-electron chi connectivity index (χ0n) is 10.2. The van der Waals surface area contributed by atoms with Gasteiger partial charge in [-0.25, -0.2) is 0 Å². The first-order valence-electron chi connectivity index (χ1n) is 6.62. The zero-order chi connectivity index (χ0) is 11.5. The van der Waals surface area contributed by atoms with Crippen molar-refractivity contribution in [3.8, 4) is 5.75 Å². The Morgan fingerprint density at radius 1 is 1.06 bits per heavy atom. The van der Waals surface area contributed by atoms with E-state index < -0.39 is 0 Å². The van der Waals surface area contributed by atoms with Crippen LogP contribution in [-0.2, 0) is 13.0 Å². The second kappa shape index (κ2) is 5.07. The number of benzene rings is 1. The average Bonchev–Trinajstić information content (AvgIpc) is 2.40. The molecule has 1 fully saturated rings. The van der Waals surface area contributed by atoms with E-state index in [0.717, 1.165) is 51.2 Å². The van der Waals surface area contributed by atoms with Crippen molar-refractivity contribution >= 4 is 0 Å². The lowest BCUT2D eigenvalue weighted by atomic mass is 10.00. The van der Waals surface area contributed by atoms with Gasteiger partial charge in [0.2, 0.25) is 0 Å². The summed E-state index contributed by atoms with van der Waals surface area (Å²) in [4.78, 5) is 0. The molecule has 0 spiro atoms. The molecule has 92 valence electrons. The Hall–Kier alpha value is -1.06. The number of hydrogen-bond acceptors (Lipinski definition) is 3. The highest BCUT2D eigenvalue weighted by Gasteiger charge is 2.18. The summed E-state index contributed by atoms with van der Waals surface area (Å²) in [5.41, 5.74) is 2.83. The van der Waals surface area contributed by atoms with Crippen molar-refractivity contribution in [2.75, 3.05) is 19.6 Å². The van der Waals surface area contributed by atoms with Crippen LogP contribution in [0.15, 0.2) is 18.2 Å². The highest BCUT2D eigenvalue weighted by molar-refractivity contribution is 5.41. The molecule has 2 N–H and O–H groups in total. The van der Waals surface area contributed by atoms with Gasteiger partial charge >= 0.3 is 0 Å². The van der Waals surface area contributed by atoms with Gasteiger partial charge in [-0.15, -0.1) is 0 Å². The Morgan fingerprint density at radius 3 is 2.82 bits per heavy atom. The number of rotatable bonds is 2. The highest BCUT2D eigenvalue weighted by atomic mass is 16.5. The number of piperidine rings is 1. The predicted octanol–water partition coefficient (Wildman–Crippen LogP) is 1.46. The van der Waals surface area contributed by atoms with E-state index >= 15 is 0 Å². The molecule has 3 rings (SSSR count). The maximum atomic E-state index is 6.19. The molecule has 1 aromatic rings. The van der Waals surface area contributed by atoms with Crippen molar-refractivity contribution in [2.24, 2.45) is 0 Å². The smallest absolute Gasteiger partial charge is 0.123 e. The van der Waals surface area contributed by atoms with Gasteiger partial charge < -0.3 is 15.4 Å². The Balaban J connectivity index is 1.77. The van der Waals surface area contributed by atoms with Crippen LogP contribution in [0.25, 0.3) is 0 Å². The summed E-state index contributed by atoms with van der Waals surface area (Å²) in [6.45, 7) is 4.22. The van der Waals surface area contributed by atoms with E-state index in [1.807, 2.05) is 0 Å². The largest absolute Gasteiger partial charge is 0.490 e. The molecule has 0 atom stereocenters. The van der Waals surface area contributed by atoms with E-state index in [9.17, 15) is 0 Å². The third kappa shape index (κ3) is 2.45. The molecule has 3 nitrogen and oxygen atoms in total. The van der Waals surface area contributed by atoms with E-state index in [1.54, 1.807) is 0 Å². The summed E-state index contributed by atoms with van der Waals surface area (Å²) in [6.07, 6.45) is 3.75. The molecule has 17 heavy (non-hydrogen) atoms. The van der Waals surface area contributed by atoms with Crippen molar-refractivity contribution in [3.05, 3.63) is 29.3 Å². The number of ether oxygens (including phenoxy) is 1. The summed E-state index contributed by atoms with van der Waals surface area (Å²) < 4.78 is 6.19. The van der Waals surface area contributed by atoms with Crippen molar-refractivity contribution in [2.45, 2.75) is 31.9 Å². The van der Waals surface area contributed by atoms with E-state index in [1.165, 1.54) is 11.1 Å². The van der Waals surface area contributed by atoms with Gasteiger partial charge in [-0.2, -0.15) is 0 Å². The number of fused-ring (bicyclic) bond motifs is 1. The summed E-state index contributed by atoms with van der Waals surface area (Å²) in [6, 6.07) is 6.45. The molecule has 0 aromatic heterocycles. The van der Waals surface area contributed by atoms with E-state index in [2.05, 4.69) is 28.8 Å². The lowest BCUT2D eigenvalue weighted by Gasteiger charge is -2.27. The molecule has 0 bridgehead atoms.